The van der Waals surface area contributed by atoms with Crippen molar-refractivity contribution in [3.05, 3.63) is 57.1 Å². The fourth-order valence-electron chi connectivity index (χ4n) is 5.92. The van der Waals surface area contributed by atoms with Gasteiger partial charge in [0.1, 0.15) is 6.54 Å². The number of rotatable bonds is 8. The van der Waals surface area contributed by atoms with Crippen molar-refractivity contribution in [3.63, 3.8) is 0 Å². The normalized spacial score (nSPS) is 24.2. The van der Waals surface area contributed by atoms with Crippen LogP contribution < -0.4 is 20.9 Å². The van der Waals surface area contributed by atoms with E-state index in [-0.39, 0.29) is 42.4 Å². The first-order valence-corrected chi connectivity index (χ1v) is 13.4. The molecule has 2 bridgehead atoms. The Morgan fingerprint density at radius 2 is 2.00 bits per heavy atom. The molecule has 1 aliphatic carbocycles. The maximum Gasteiger partial charge on any atom is 0.330 e. The van der Waals surface area contributed by atoms with Crippen molar-refractivity contribution in [2.75, 3.05) is 25.1 Å². The predicted octanol–water partition coefficient (Wildman–Crippen LogP) is 2.57. The quantitative estimate of drug-likeness (QED) is 0.370. The molecule has 3 N–H and O–H groups in total. The van der Waals surface area contributed by atoms with Gasteiger partial charge in [-0.05, 0) is 62.3 Å². The van der Waals surface area contributed by atoms with E-state index in [9.17, 15) is 14.7 Å². The van der Waals surface area contributed by atoms with Gasteiger partial charge in [0.15, 0.2) is 11.6 Å². The molecule has 0 unspecified atom stereocenters. The highest BCUT2D eigenvalue weighted by Gasteiger charge is 2.49. The third-order valence-corrected chi connectivity index (χ3v) is 8.49. The number of hydrogen-bond donors (Lipinski definition) is 3. The number of aryl methyl sites for hydroxylation is 1. The number of hydrogen-bond acceptors (Lipinski definition) is 9. The molecule has 0 atom stereocenters. The average Bonchev–Trinajstić information content (AvgIpc) is 2.94. The van der Waals surface area contributed by atoms with Crippen molar-refractivity contribution >= 4 is 34.4 Å². The van der Waals surface area contributed by atoms with Crippen molar-refractivity contribution in [3.8, 4) is 5.75 Å². The first-order chi connectivity index (χ1) is 18.4. The second kappa shape index (κ2) is 9.92. The molecule has 3 aromatic heterocycles. The molecular weight excluding hydrogens is 510 g/mol. The van der Waals surface area contributed by atoms with Gasteiger partial charge in [0.05, 0.1) is 40.6 Å². The summed E-state index contributed by atoms with van der Waals surface area (Å²) in [5.41, 5.74) is 2.63. The van der Waals surface area contributed by atoms with E-state index >= 15 is 0 Å². The average molecular weight is 540 g/mol. The molecular formula is C27H30ClN5O5. The highest BCUT2D eigenvalue weighted by atomic mass is 35.5. The third-order valence-electron chi connectivity index (χ3n) is 8.17. The zero-order valence-electron chi connectivity index (χ0n) is 21.0. The Hall–Kier alpha value is -3.05. The second-order valence-corrected chi connectivity index (χ2v) is 10.9. The molecule has 0 spiro atoms. The van der Waals surface area contributed by atoms with E-state index in [2.05, 4.69) is 20.6 Å². The lowest BCUT2D eigenvalue weighted by molar-refractivity contribution is -0.165. The maximum absolute atomic E-state index is 12.5. The van der Waals surface area contributed by atoms with Gasteiger partial charge in [-0.3, -0.25) is 9.78 Å². The Bertz CT molecular complexity index is 1430. The number of fused-ring (bicyclic) bond motifs is 5. The highest BCUT2D eigenvalue weighted by Crippen LogP contribution is 2.46. The third kappa shape index (κ3) is 4.66. The molecule has 1 saturated carbocycles. The summed E-state index contributed by atoms with van der Waals surface area (Å²) < 4.78 is 13.3. The Labute approximate surface area is 224 Å². The molecule has 3 aromatic rings. The van der Waals surface area contributed by atoms with Gasteiger partial charge in [0.25, 0.3) is 5.56 Å². The molecule has 7 rings (SSSR count). The molecule has 0 aromatic carbocycles. The first-order valence-electron chi connectivity index (χ1n) is 13.0. The number of aromatic nitrogens is 3. The maximum atomic E-state index is 12.5. The van der Waals surface area contributed by atoms with Gasteiger partial charge in [0.2, 0.25) is 0 Å². The van der Waals surface area contributed by atoms with Gasteiger partial charge >= 0.3 is 5.97 Å². The van der Waals surface area contributed by atoms with Crippen molar-refractivity contribution in [1.29, 1.82) is 0 Å². The lowest BCUT2D eigenvalue weighted by atomic mass is 9.69. The van der Waals surface area contributed by atoms with Crippen LogP contribution in [0.15, 0.2) is 35.3 Å². The Morgan fingerprint density at radius 3 is 2.76 bits per heavy atom. The summed E-state index contributed by atoms with van der Waals surface area (Å²) in [4.78, 5) is 33.0. The van der Waals surface area contributed by atoms with Gasteiger partial charge in [-0.2, -0.15) is 0 Å². The van der Waals surface area contributed by atoms with Gasteiger partial charge in [-0.25, -0.2) is 9.78 Å². The summed E-state index contributed by atoms with van der Waals surface area (Å²) >= 11 is 6.59. The number of pyridine rings is 3. The van der Waals surface area contributed by atoms with Gasteiger partial charge in [-0.15, -0.1) is 0 Å². The second-order valence-electron chi connectivity index (χ2n) is 10.4. The van der Waals surface area contributed by atoms with Gasteiger partial charge < -0.3 is 29.8 Å². The molecule has 0 radical (unpaired) electrons. The summed E-state index contributed by atoms with van der Waals surface area (Å²) in [6, 6.07) is 6.84. The van der Waals surface area contributed by atoms with Gasteiger partial charge in [-0.1, -0.05) is 11.6 Å². The number of nitrogens with one attached hydrogen (secondary N) is 2. The number of aliphatic hydroxyl groups excluding tert-OH is 1. The van der Waals surface area contributed by atoms with Crippen LogP contribution in [0.4, 0.5) is 5.82 Å². The van der Waals surface area contributed by atoms with Crippen LogP contribution in [0.25, 0.3) is 11.0 Å². The zero-order chi connectivity index (χ0) is 26.3. The van der Waals surface area contributed by atoms with Crippen molar-refractivity contribution < 1.29 is 19.4 Å². The molecule has 11 heteroatoms. The van der Waals surface area contributed by atoms with Crippen molar-refractivity contribution in [1.82, 2.24) is 19.9 Å². The Balaban J connectivity index is 1.12. The molecule has 38 heavy (non-hydrogen) atoms. The van der Waals surface area contributed by atoms with E-state index in [4.69, 9.17) is 21.1 Å². The van der Waals surface area contributed by atoms with E-state index in [1.807, 2.05) is 6.07 Å². The molecule has 0 amide bonds. The number of anilines is 1. The molecule has 4 aliphatic rings. The number of ether oxygens (including phenoxy) is 2. The molecule has 10 nitrogen and oxygen atoms in total. The lowest BCUT2D eigenvalue weighted by Crippen LogP contribution is -2.61. The Kier molecular flexibility index (Phi) is 6.59. The van der Waals surface area contributed by atoms with Crippen LogP contribution in [-0.4, -0.2) is 56.5 Å². The minimum absolute atomic E-state index is 0.0954. The monoisotopic (exact) mass is 539 g/mol. The highest BCUT2D eigenvalue weighted by molar-refractivity contribution is 6.32. The van der Waals surface area contributed by atoms with Crippen LogP contribution in [0, 0.1) is 0 Å². The summed E-state index contributed by atoms with van der Waals surface area (Å²) in [6.07, 6.45) is 6.93. The van der Waals surface area contributed by atoms with E-state index in [0.29, 0.717) is 47.2 Å². The minimum Gasteiger partial charge on any atom is -0.421 e. The molecule has 6 heterocycles. The number of esters is 1. The SMILES string of the molecule is O=C1CNc2nc(CNC34CCC(CCc5c(Cl)cnc6ccc(=O)n(CCO)c56)(CC3)OC4)ccc2O1. The van der Waals surface area contributed by atoms with Crippen LogP contribution in [0.3, 0.4) is 0 Å². The molecule has 200 valence electrons. The number of carbonyl (C=O) groups is 1. The number of aliphatic hydroxyl groups is 1. The zero-order valence-corrected chi connectivity index (χ0v) is 21.7. The fourth-order valence-corrected chi connectivity index (χ4v) is 6.15. The van der Waals surface area contributed by atoms with Crippen LogP contribution in [0.1, 0.15) is 43.4 Å². The van der Waals surface area contributed by atoms with Crippen molar-refractivity contribution in [2.45, 2.75) is 62.8 Å². The summed E-state index contributed by atoms with van der Waals surface area (Å²) in [6.45, 7) is 1.39. The Morgan fingerprint density at radius 1 is 1.16 bits per heavy atom. The largest absolute Gasteiger partial charge is 0.421 e. The standard InChI is InChI=1S/C27H30ClN5O5/c28-19-14-29-20-2-4-22(35)33(11-12-34)24(20)18(19)5-6-27-9-7-26(8-10-27,16-37-27)31-13-17-1-3-21-25(32-17)30-15-23(36)38-21/h1-4,14,31,34H,5-13,15-16H2,(H,30,32). The van der Waals surface area contributed by atoms with E-state index < -0.39 is 0 Å². The molecule has 3 aliphatic heterocycles. The summed E-state index contributed by atoms with van der Waals surface area (Å²) in [7, 11) is 0. The van der Waals surface area contributed by atoms with E-state index in [1.165, 1.54) is 6.07 Å². The van der Waals surface area contributed by atoms with Crippen LogP contribution in [0.5, 0.6) is 5.75 Å². The predicted molar refractivity (Wildman–Crippen MR) is 142 cm³/mol. The van der Waals surface area contributed by atoms with Crippen LogP contribution >= 0.6 is 11.6 Å². The summed E-state index contributed by atoms with van der Waals surface area (Å²) in [5.74, 6) is 0.741. The molecule has 3 fully saturated rings. The minimum atomic E-state index is -0.312. The van der Waals surface area contributed by atoms with E-state index in [0.717, 1.165) is 43.4 Å². The topological polar surface area (TPSA) is 128 Å². The summed E-state index contributed by atoms with van der Waals surface area (Å²) in [5, 5.41) is 16.7. The van der Waals surface area contributed by atoms with E-state index in [1.54, 1.807) is 22.9 Å². The number of nitrogens with zero attached hydrogens (tertiary/aromatic N) is 3. The lowest BCUT2D eigenvalue weighted by Gasteiger charge is -2.53. The van der Waals surface area contributed by atoms with Crippen LogP contribution in [-0.2, 0) is 29.0 Å². The van der Waals surface area contributed by atoms with Crippen molar-refractivity contribution in [2.24, 2.45) is 0 Å². The first kappa shape index (κ1) is 25.2. The van der Waals surface area contributed by atoms with Gasteiger partial charge in [0, 0.05) is 30.9 Å². The van der Waals surface area contributed by atoms with Crippen LogP contribution in [0.2, 0.25) is 5.02 Å². The fraction of sp³-hybridized carbons (Fsp3) is 0.481. The number of halogens is 1. The smallest absolute Gasteiger partial charge is 0.330 e. The number of carbonyl (C=O) groups excluding carboxylic acids is 1. The molecule has 2 saturated heterocycles.